The number of hydrogen-bond acceptors (Lipinski definition) is 8. The standard InChI is InChI=1S/C35H50N6O4/c1-6-45-34(44)31(22(2)3)39-35-36-23(4)30(24(5)37-35)33(43)41-20-27-18-40(19-28(27)21-41)17-16-29(25-12-8-7-9-13-25)38-32(42)26-14-10-11-15-26/h7-9,12-13,22,26-29,31H,6,10-11,14-21H2,1-5H3,(H,38,42)(H,36,37,39). The topological polar surface area (TPSA) is 117 Å². The maximum absolute atomic E-state index is 13.7. The summed E-state index contributed by atoms with van der Waals surface area (Å²) in [4.78, 5) is 52.8. The SMILES string of the molecule is CCOC(=O)C(Nc1nc(C)c(C(=O)N2CC3CN(CCC(NC(=O)C4CCCC4)c4ccccc4)CC3C2)c(C)n1)C(C)C. The highest BCUT2D eigenvalue weighted by atomic mass is 16.5. The van der Waals surface area contributed by atoms with E-state index in [1.807, 2.05) is 50.8 Å². The van der Waals surface area contributed by atoms with E-state index in [-0.39, 0.29) is 35.7 Å². The Balaban J connectivity index is 1.16. The van der Waals surface area contributed by atoms with E-state index in [1.165, 1.54) is 0 Å². The summed E-state index contributed by atoms with van der Waals surface area (Å²) in [6.45, 7) is 13.9. The Kier molecular flexibility index (Phi) is 10.7. The summed E-state index contributed by atoms with van der Waals surface area (Å²) in [5.41, 5.74) is 2.91. The van der Waals surface area contributed by atoms with Crippen LogP contribution in [-0.2, 0) is 14.3 Å². The lowest BCUT2D eigenvalue weighted by Gasteiger charge is -2.26. The summed E-state index contributed by atoms with van der Waals surface area (Å²) >= 11 is 0. The first-order valence-electron chi connectivity index (χ1n) is 16.8. The van der Waals surface area contributed by atoms with Gasteiger partial charge in [-0.2, -0.15) is 0 Å². The molecule has 2 N–H and O–H groups in total. The number of fused-ring (bicyclic) bond motifs is 1. The van der Waals surface area contributed by atoms with Crippen molar-refractivity contribution in [3.63, 3.8) is 0 Å². The largest absolute Gasteiger partial charge is 0.464 e. The number of amides is 2. The summed E-state index contributed by atoms with van der Waals surface area (Å²) in [6, 6.07) is 9.76. The van der Waals surface area contributed by atoms with Crippen molar-refractivity contribution in [3.8, 4) is 0 Å². The van der Waals surface area contributed by atoms with Crippen LogP contribution in [0.15, 0.2) is 30.3 Å². The van der Waals surface area contributed by atoms with Crippen LogP contribution in [0.5, 0.6) is 0 Å². The fourth-order valence-corrected chi connectivity index (χ4v) is 7.35. The Bertz CT molecular complexity index is 1310. The van der Waals surface area contributed by atoms with Gasteiger partial charge >= 0.3 is 5.97 Å². The molecule has 1 aromatic carbocycles. The van der Waals surface area contributed by atoms with Gasteiger partial charge in [-0.1, -0.05) is 57.0 Å². The maximum atomic E-state index is 13.7. The van der Waals surface area contributed by atoms with Gasteiger partial charge in [0.05, 0.1) is 29.6 Å². The second-order valence-corrected chi connectivity index (χ2v) is 13.4. The molecule has 1 saturated carbocycles. The van der Waals surface area contributed by atoms with E-state index in [0.717, 1.165) is 70.4 Å². The predicted octanol–water partition coefficient (Wildman–Crippen LogP) is 4.53. The van der Waals surface area contributed by atoms with Gasteiger partial charge in [-0.3, -0.25) is 9.59 Å². The van der Waals surface area contributed by atoms with Crippen molar-refractivity contribution in [2.45, 2.75) is 78.8 Å². The molecule has 10 heteroatoms. The molecule has 45 heavy (non-hydrogen) atoms. The first-order valence-corrected chi connectivity index (χ1v) is 16.8. The van der Waals surface area contributed by atoms with Crippen molar-refractivity contribution in [1.29, 1.82) is 0 Å². The maximum Gasteiger partial charge on any atom is 0.328 e. The number of rotatable bonds is 12. The van der Waals surface area contributed by atoms with Gasteiger partial charge in [-0.25, -0.2) is 14.8 Å². The molecule has 3 heterocycles. The normalized spacial score (nSPS) is 21.5. The molecule has 1 aliphatic carbocycles. The third kappa shape index (κ3) is 7.83. The number of anilines is 1. The molecule has 2 aromatic rings. The van der Waals surface area contributed by atoms with E-state index in [4.69, 9.17) is 4.74 Å². The zero-order valence-corrected chi connectivity index (χ0v) is 27.6. The van der Waals surface area contributed by atoms with Gasteiger partial charge in [0.15, 0.2) is 0 Å². The van der Waals surface area contributed by atoms with Crippen LogP contribution in [0.1, 0.15) is 86.2 Å². The molecule has 2 aliphatic heterocycles. The van der Waals surface area contributed by atoms with Gasteiger partial charge < -0.3 is 25.2 Å². The van der Waals surface area contributed by atoms with E-state index in [2.05, 4.69) is 37.6 Å². The first kappa shape index (κ1) is 32.9. The highest BCUT2D eigenvalue weighted by Gasteiger charge is 2.42. The molecule has 3 fully saturated rings. The fourth-order valence-electron chi connectivity index (χ4n) is 7.35. The Morgan fingerprint density at radius 1 is 0.956 bits per heavy atom. The summed E-state index contributed by atoms with van der Waals surface area (Å²) in [5, 5.41) is 6.50. The monoisotopic (exact) mass is 618 g/mol. The van der Waals surface area contributed by atoms with E-state index < -0.39 is 6.04 Å². The Labute approximate surface area is 267 Å². The average molecular weight is 619 g/mol. The van der Waals surface area contributed by atoms with Gasteiger partial charge in [0.25, 0.3) is 5.91 Å². The summed E-state index contributed by atoms with van der Waals surface area (Å²) in [6.07, 6.45) is 5.16. The van der Waals surface area contributed by atoms with Crippen LogP contribution in [0.2, 0.25) is 0 Å². The minimum atomic E-state index is -0.572. The molecule has 0 bridgehead atoms. The molecule has 0 radical (unpaired) electrons. The van der Waals surface area contributed by atoms with E-state index >= 15 is 0 Å². The molecule has 5 rings (SSSR count). The number of ether oxygens (including phenoxy) is 1. The van der Waals surface area contributed by atoms with E-state index in [0.29, 0.717) is 41.3 Å². The molecule has 4 unspecified atom stereocenters. The van der Waals surface area contributed by atoms with Gasteiger partial charge in [-0.05, 0) is 63.4 Å². The van der Waals surface area contributed by atoms with Gasteiger partial charge in [0, 0.05) is 38.6 Å². The average Bonchev–Trinajstić information content (AvgIpc) is 3.76. The van der Waals surface area contributed by atoms with Crippen LogP contribution in [0, 0.1) is 37.5 Å². The number of carbonyl (C=O) groups excluding carboxylic acids is 3. The molecule has 2 amide bonds. The lowest BCUT2D eigenvalue weighted by molar-refractivity contribution is -0.145. The highest BCUT2D eigenvalue weighted by Crippen LogP contribution is 2.33. The van der Waals surface area contributed by atoms with E-state index in [9.17, 15) is 14.4 Å². The molecule has 2 saturated heterocycles. The Hall–Kier alpha value is -3.53. The number of hydrogen-bond donors (Lipinski definition) is 2. The fraction of sp³-hybridized carbons (Fsp3) is 0.629. The number of likely N-dealkylation sites (tertiary alicyclic amines) is 2. The zero-order chi connectivity index (χ0) is 32.1. The van der Waals surface area contributed by atoms with Crippen LogP contribution in [0.3, 0.4) is 0 Å². The summed E-state index contributed by atoms with van der Waals surface area (Å²) in [7, 11) is 0. The minimum absolute atomic E-state index is 0.00865. The van der Waals surface area contributed by atoms with Gasteiger partial charge in [0.2, 0.25) is 11.9 Å². The number of aromatic nitrogens is 2. The molecule has 4 atom stereocenters. The van der Waals surface area contributed by atoms with E-state index in [1.54, 1.807) is 6.92 Å². The van der Waals surface area contributed by atoms with Crippen molar-refractivity contribution in [2.24, 2.45) is 23.7 Å². The number of esters is 1. The van der Waals surface area contributed by atoms with Crippen molar-refractivity contribution in [1.82, 2.24) is 25.1 Å². The molecule has 10 nitrogen and oxygen atoms in total. The molecule has 3 aliphatic rings. The second-order valence-electron chi connectivity index (χ2n) is 13.4. The van der Waals surface area contributed by atoms with Crippen molar-refractivity contribution in [2.75, 3.05) is 44.6 Å². The van der Waals surface area contributed by atoms with Gasteiger partial charge in [-0.15, -0.1) is 0 Å². The predicted molar refractivity (Wildman–Crippen MR) is 174 cm³/mol. The summed E-state index contributed by atoms with van der Waals surface area (Å²) in [5.74, 6) is 1.15. The highest BCUT2D eigenvalue weighted by molar-refractivity contribution is 5.96. The van der Waals surface area contributed by atoms with Crippen LogP contribution < -0.4 is 10.6 Å². The van der Waals surface area contributed by atoms with Crippen molar-refractivity contribution in [3.05, 3.63) is 52.8 Å². The second kappa shape index (κ2) is 14.7. The number of aryl methyl sites for hydroxylation is 2. The summed E-state index contributed by atoms with van der Waals surface area (Å²) < 4.78 is 5.21. The molecular formula is C35H50N6O4. The molecule has 1 aromatic heterocycles. The van der Waals surface area contributed by atoms with Crippen LogP contribution in [0.25, 0.3) is 0 Å². The van der Waals surface area contributed by atoms with Crippen LogP contribution in [0.4, 0.5) is 5.95 Å². The smallest absolute Gasteiger partial charge is 0.328 e. The van der Waals surface area contributed by atoms with Crippen molar-refractivity contribution >= 4 is 23.7 Å². The quantitative estimate of drug-likeness (QED) is 0.333. The third-order valence-corrected chi connectivity index (χ3v) is 9.80. The molecular weight excluding hydrogens is 568 g/mol. The third-order valence-electron chi connectivity index (χ3n) is 9.80. The van der Waals surface area contributed by atoms with Crippen molar-refractivity contribution < 1.29 is 19.1 Å². The number of nitrogens with one attached hydrogen (secondary N) is 2. The lowest BCUT2D eigenvalue weighted by Crippen LogP contribution is -2.37. The number of carbonyl (C=O) groups is 3. The Morgan fingerprint density at radius 2 is 1.58 bits per heavy atom. The van der Waals surface area contributed by atoms with Crippen LogP contribution in [-0.4, -0.2) is 82.9 Å². The zero-order valence-electron chi connectivity index (χ0n) is 27.6. The number of nitrogens with zero attached hydrogens (tertiary/aromatic N) is 4. The van der Waals surface area contributed by atoms with Crippen LogP contribution >= 0.6 is 0 Å². The Morgan fingerprint density at radius 3 is 2.16 bits per heavy atom. The first-order chi connectivity index (χ1) is 21.6. The lowest BCUT2D eigenvalue weighted by atomic mass is 10.0. The molecule has 0 spiro atoms. The minimum Gasteiger partial charge on any atom is -0.464 e. The molecule has 244 valence electrons. The van der Waals surface area contributed by atoms with Gasteiger partial charge in [0.1, 0.15) is 6.04 Å². The number of benzene rings is 1.